The molecule has 1 atom stereocenters. The van der Waals surface area contributed by atoms with Crippen LogP contribution < -0.4 is 0 Å². The van der Waals surface area contributed by atoms with Gasteiger partial charge in [0.15, 0.2) is 6.10 Å². The third-order valence-electron chi connectivity index (χ3n) is 6.45. The van der Waals surface area contributed by atoms with Gasteiger partial charge in [0.25, 0.3) is 0 Å². The van der Waals surface area contributed by atoms with Crippen molar-refractivity contribution in [1.29, 1.82) is 0 Å². The molecule has 8 nitrogen and oxygen atoms in total. The molecule has 2 N–H and O–H groups in total. The van der Waals surface area contributed by atoms with E-state index < -0.39 is 32.5 Å². The molecule has 0 saturated heterocycles. The molecular weight excluding hydrogens is 651 g/mol. The van der Waals surface area contributed by atoms with Crippen molar-refractivity contribution < 1.29 is 37.9 Å². The van der Waals surface area contributed by atoms with E-state index in [1.807, 2.05) is 109 Å². The summed E-state index contributed by atoms with van der Waals surface area (Å²) in [6.07, 6.45) is 51.7. The summed E-state index contributed by atoms with van der Waals surface area (Å²) in [7, 11) is -4.78. The molecule has 0 rings (SSSR count). The molecular formula is C41H59O8P. The first kappa shape index (κ1) is 46.2. The molecule has 0 aliphatic rings. The molecule has 0 aromatic rings. The molecule has 276 valence electrons. The Morgan fingerprint density at radius 1 is 0.520 bits per heavy atom. The van der Waals surface area contributed by atoms with Crippen LogP contribution in [-0.2, 0) is 28.2 Å². The Hall–Kier alpha value is -3.81. The summed E-state index contributed by atoms with van der Waals surface area (Å²) < 4.78 is 26.2. The first-order valence-corrected chi connectivity index (χ1v) is 19.2. The lowest BCUT2D eigenvalue weighted by Crippen LogP contribution is -2.29. The van der Waals surface area contributed by atoms with E-state index in [0.717, 1.165) is 51.4 Å². The predicted octanol–water partition coefficient (Wildman–Crippen LogP) is 10.4. The minimum absolute atomic E-state index is 0.145. The second-order valence-electron chi connectivity index (χ2n) is 11.0. The quantitative estimate of drug-likeness (QED) is 0.0341. The van der Waals surface area contributed by atoms with Crippen molar-refractivity contribution in [1.82, 2.24) is 0 Å². The Kier molecular flexibility index (Phi) is 32.4. The summed E-state index contributed by atoms with van der Waals surface area (Å²) >= 11 is 0. The van der Waals surface area contributed by atoms with Crippen LogP contribution in [0.5, 0.6) is 0 Å². The van der Waals surface area contributed by atoms with Gasteiger partial charge in [0.1, 0.15) is 6.61 Å². The molecule has 0 heterocycles. The first-order valence-electron chi connectivity index (χ1n) is 17.6. The number of phosphoric ester groups is 1. The van der Waals surface area contributed by atoms with Gasteiger partial charge in [-0.3, -0.25) is 14.1 Å². The lowest BCUT2D eigenvalue weighted by atomic mass is 10.1. The molecule has 0 spiro atoms. The van der Waals surface area contributed by atoms with E-state index in [9.17, 15) is 14.2 Å². The number of phosphoric acid groups is 1. The number of esters is 2. The molecule has 0 aliphatic carbocycles. The third kappa shape index (κ3) is 37.0. The highest BCUT2D eigenvalue weighted by Gasteiger charge is 2.22. The second kappa shape index (κ2) is 35.0. The van der Waals surface area contributed by atoms with Gasteiger partial charge < -0.3 is 19.3 Å². The molecule has 9 heteroatoms. The van der Waals surface area contributed by atoms with Crippen LogP contribution in [-0.4, -0.2) is 41.0 Å². The maximum atomic E-state index is 12.3. The van der Waals surface area contributed by atoms with E-state index in [-0.39, 0.29) is 19.4 Å². The number of carbonyl (C=O) groups excluding carboxylic acids is 2. The van der Waals surface area contributed by atoms with Crippen molar-refractivity contribution in [3.63, 3.8) is 0 Å². The largest absolute Gasteiger partial charge is 0.469 e. The molecule has 50 heavy (non-hydrogen) atoms. The van der Waals surface area contributed by atoms with Crippen molar-refractivity contribution >= 4 is 19.8 Å². The summed E-state index contributed by atoms with van der Waals surface area (Å²) in [4.78, 5) is 42.6. The zero-order valence-electron chi connectivity index (χ0n) is 30.0. The minimum Gasteiger partial charge on any atom is -0.462 e. The SMILES string of the molecule is CC/C=C/C=C/C=C/C=C/C=C/C=C/C=C/CCCCCC(=O)OCC(COP(=O)(O)O)OC(=O)CCCCC/C=C/C=C/C=C/C=C/CC. The van der Waals surface area contributed by atoms with Crippen LogP contribution in [0.3, 0.4) is 0 Å². The molecule has 0 aromatic heterocycles. The molecule has 0 radical (unpaired) electrons. The van der Waals surface area contributed by atoms with Crippen LogP contribution in [0.2, 0.25) is 0 Å². The van der Waals surface area contributed by atoms with Gasteiger partial charge in [0.05, 0.1) is 6.61 Å². The highest BCUT2D eigenvalue weighted by Crippen LogP contribution is 2.35. The number of hydrogen-bond donors (Lipinski definition) is 2. The highest BCUT2D eigenvalue weighted by atomic mass is 31.2. The van der Waals surface area contributed by atoms with E-state index in [1.165, 1.54) is 0 Å². The number of rotatable bonds is 29. The van der Waals surface area contributed by atoms with Gasteiger partial charge in [-0.2, -0.15) is 0 Å². The van der Waals surface area contributed by atoms with Crippen LogP contribution in [0.25, 0.3) is 0 Å². The zero-order valence-corrected chi connectivity index (χ0v) is 30.9. The number of ether oxygens (including phenoxy) is 2. The lowest BCUT2D eigenvalue weighted by Gasteiger charge is -2.18. The van der Waals surface area contributed by atoms with E-state index in [0.29, 0.717) is 12.8 Å². The summed E-state index contributed by atoms with van der Waals surface area (Å²) in [5.74, 6) is -1.00. The smallest absolute Gasteiger partial charge is 0.462 e. The monoisotopic (exact) mass is 710 g/mol. The normalized spacial score (nSPS) is 14.1. The van der Waals surface area contributed by atoms with Gasteiger partial charge in [-0.05, 0) is 51.4 Å². The zero-order chi connectivity index (χ0) is 36.8. The maximum Gasteiger partial charge on any atom is 0.469 e. The molecule has 0 aromatic carbocycles. The fraction of sp³-hybridized carbons (Fsp3) is 0.415. The molecule has 0 bridgehead atoms. The number of hydrogen-bond acceptors (Lipinski definition) is 6. The van der Waals surface area contributed by atoms with Gasteiger partial charge in [-0.15, -0.1) is 0 Å². The maximum absolute atomic E-state index is 12.3. The van der Waals surface area contributed by atoms with E-state index in [2.05, 4.69) is 42.7 Å². The number of unbranched alkanes of at least 4 members (excludes halogenated alkanes) is 6. The van der Waals surface area contributed by atoms with Crippen LogP contribution >= 0.6 is 7.82 Å². The predicted molar refractivity (Wildman–Crippen MR) is 206 cm³/mol. The molecule has 1 unspecified atom stereocenters. The lowest BCUT2D eigenvalue weighted by molar-refractivity contribution is -0.161. The van der Waals surface area contributed by atoms with E-state index in [4.69, 9.17) is 19.3 Å². The molecule has 0 saturated carbocycles. The Morgan fingerprint density at radius 3 is 1.30 bits per heavy atom. The van der Waals surface area contributed by atoms with Crippen LogP contribution in [0.15, 0.2) is 134 Å². The van der Waals surface area contributed by atoms with Crippen molar-refractivity contribution in [2.45, 2.75) is 97.0 Å². The average Bonchev–Trinajstić information content (AvgIpc) is 3.08. The fourth-order valence-corrected chi connectivity index (χ4v) is 4.25. The van der Waals surface area contributed by atoms with Crippen LogP contribution in [0.1, 0.15) is 90.9 Å². The van der Waals surface area contributed by atoms with E-state index in [1.54, 1.807) is 0 Å². The van der Waals surface area contributed by atoms with Gasteiger partial charge >= 0.3 is 19.8 Å². The fourth-order valence-electron chi connectivity index (χ4n) is 3.89. The van der Waals surface area contributed by atoms with Gasteiger partial charge in [-0.1, -0.05) is 160 Å². The Bertz CT molecular complexity index is 1250. The van der Waals surface area contributed by atoms with E-state index >= 15 is 0 Å². The van der Waals surface area contributed by atoms with Crippen LogP contribution in [0.4, 0.5) is 0 Å². The topological polar surface area (TPSA) is 119 Å². The van der Waals surface area contributed by atoms with Crippen molar-refractivity contribution in [3.8, 4) is 0 Å². The summed E-state index contributed by atoms with van der Waals surface area (Å²) in [5, 5.41) is 0. The third-order valence-corrected chi connectivity index (χ3v) is 6.94. The number of carbonyl (C=O) groups is 2. The minimum atomic E-state index is -4.78. The highest BCUT2D eigenvalue weighted by molar-refractivity contribution is 7.46. The molecule has 0 aliphatic heterocycles. The van der Waals surface area contributed by atoms with Crippen LogP contribution in [0, 0.1) is 0 Å². The molecule has 0 fully saturated rings. The van der Waals surface area contributed by atoms with Gasteiger partial charge in [0, 0.05) is 12.8 Å². The Balaban J connectivity index is 4.23. The Morgan fingerprint density at radius 2 is 0.900 bits per heavy atom. The van der Waals surface area contributed by atoms with Crippen molar-refractivity contribution in [2.75, 3.05) is 13.2 Å². The summed E-state index contributed by atoms with van der Waals surface area (Å²) in [6.45, 7) is 3.28. The van der Waals surface area contributed by atoms with Crippen molar-refractivity contribution in [2.24, 2.45) is 0 Å². The van der Waals surface area contributed by atoms with Gasteiger partial charge in [-0.25, -0.2) is 4.57 Å². The summed E-state index contributed by atoms with van der Waals surface area (Å²) in [6, 6.07) is 0. The van der Waals surface area contributed by atoms with Crippen molar-refractivity contribution in [3.05, 3.63) is 134 Å². The standard InChI is InChI=1S/C41H59O8P/c1-3-5-7-9-11-13-15-17-18-19-20-21-22-24-25-27-29-31-33-35-40(42)47-37-39(38-48-50(44,45)46)49-41(43)36-34-32-30-28-26-23-16-14-12-10-8-6-4-2/h5-26,39H,3-4,27-38H2,1-2H3,(H2,44,45,46)/b7-5+,8-6+,11-9+,12-10+,15-13+,16-14+,18-17+,20-19+,22-21+,25-24+,26-23+. The van der Waals surface area contributed by atoms with Gasteiger partial charge in [0.2, 0.25) is 0 Å². The second-order valence-corrected chi connectivity index (χ2v) is 12.2. The Labute approximate surface area is 301 Å². The molecule has 0 amide bonds. The first-order chi connectivity index (χ1) is 24.3. The average molecular weight is 711 g/mol. The summed E-state index contributed by atoms with van der Waals surface area (Å²) in [5.41, 5.74) is 0. The number of allylic oxidation sites excluding steroid dienone is 22.